The van der Waals surface area contributed by atoms with Gasteiger partial charge in [0.15, 0.2) is 0 Å². The summed E-state index contributed by atoms with van der Waals surface area (Å²) in [6.45, 7) is 1.75. The molecule has 0 aliphatic rings. The van der Waals surface area contributed by atoms with Crippen LogP contribution in [0.25, 0.3) is 0 Å². The number of methoxy groups -OCH3 is 1. The predicted octanol–water partition coefficient (Wildman–Crippen LogP) is 3.14. The second-order valence-corrected chi connectivity index (χ2v) is 5.72. The zero-order valence-corrected chi connectivity index (χ0v) is 14.8. The Labute approximate surface area is 150 Å². The lowest BCUT2D eigenvalue weighted by Crippen LogP contribution is -2.33. The van der Waals surface area contributed by atoms with Crippen LogP contribution < -0.4 is 10.6 Å². The topological polar surface area (TPSA) is 96.7 Å². The first-order valence-electron chi connectivity index (χ1n) is 7.44. The van der Waals surface area contributed by atoms with Crippen molar-refractivity contribution >= 4 is 34.9 Å². The van der Waals surface area contributed by atoms with Crippen molar-refractivity contribution in [1.82, 2.24) is 10.1 Å². The number of hydrogen-bond acceptors (Lipinski definition) is 5. The molecule has 1 aromatic heterocycles. The van der Waals surface area contributed by atoms with Gasteiger partial charge in [0.05, 0.1) is 16.8 Å². The summed E-state index contributed by atoms with van der Waals surface area (Å²) >= 11 is 6.12. The van der Waals surface area contributed by atoms with Crippen molar-refractivity contribution in [3.05, 3.63) is 41.2 Å². The average molecular weight is 367 g/mol. The maximum absolute atomic E-state index is 12.4. The van der Waals surface area contributed by atoms with Crippen LogP contribution in [0.2, 0.25) is 5.02 Å². The van der Waals surface area contributed by atoms with Crippen LogP contribution in [0.3, 0.4) is 0 Å². The number of carbonyl (C=O) groups excluding carboxylic acids is 2. The highest BCUT2D eigenvalue weighted by atomic mass is 35.5. The largest absolute Gasteiger partial charge is 0.375 e. The van der Waals surface area contributed by atoms with Crippen LogP contribution >= 0.6 is 11.6 Å². The third kappa shape index (κ3) is 4.94. The summed E-state index contributed by atoms with van der Waals surface area (Å²) in [5, 5.41) is 9.53. The molecule has 2 rings (SSSR count). The fourth-order valence-electron chi connectivity index (χ4n) is 2.04. The zero-order valence-electron chi connectivity index (χ0n) is 14.1. The van der Waals surface area contributed by atoms with Crippen LogP contribution in [-0.2, 0) is 9.53 Å². The summed E-state index contributed by atoms with van der Waals surface area (Å²) in [5.41, 5.74) is 1.50. The predicted molar refractivity (Wildman–Crippen MR) is 93.7 cm³/mol. The van der Waals surface area contributed by atoms with Gasteiger partial charge in [0, 0.05) is 25.9 Å². The Balaban J connectivity index is 2.07. The van der Waals surface area contributed by atoms with Gasteiger partial charge in [-0.3, -0.25) is 4.79 Å². The number of hydrogen-bond donors (Lipinski definition) is 2. The van der Waals surface area contributed by atoms with Crippen molar-refractivity contribution in [1.29, 1.82) is 0 Å². The molecule has 1 heterocycles. The van der Waals surface area contributed by atoms with Crippen LogP contribution in [0.1, 0.15) is 18.7 Å². The molecule has 0 saturated carbocycles. The van der Waals surface area contributed by atoms with E-state index in [0.29, 0.717) is 22.1 Å². The number of ether oxygens (including phenoxy) is 1. The molecule has 0 aliphatic heterocycles. The van der Waals surface area contributed by atoms with Gasteiger partial charge in [0.2, 0.25) is 5.91 Å². The molecule has 0 saturated heterocycles. The Hall–Kier alpha value is -2.58. The molecule has 0 bridgehead atoms. The molecule has 2 aromatic rings. The summed E-state index contributed by atoms with van der Waals surface area (Å²) in [5.74, 6) is -0.307. The number of anilines is 2. The number of amides is 3. The van der Waals surface area contributed by atoms with Crippen LogP contribution in [-0.4, -0.2) is 42.8 Å². The number of urea groups is 1. The van der Waals surface area contributed by atoms with Crippen LogP contribution in [0.5, 0.6) is 0 Å². The molecular weight excluding hydrogens is 348 g/mol. The van der Waals surface area contributed by atoms with Crippen molar-refractivity contribution in [3.63, 3.8) is 0 Å². The maximum atomic E-state index is 12.4. The summed E-state index contributed by atoms with van der Waals surface area (Å²) in [6, 6.07) is 5.81. The molecule has 0 radical (unpaired) electrons. The van der Waals surface area contributed by atoms with Gasteiger partial charge in [0.1, 0.15) is 18.6 Å². The van der Waals surface area contributed by atoms with E-state index in [4.69, 9.17) is 20.9 Å². The lowest BCUT2D eigenvalue weighted by Gasteiger charge is -2.23. The normalized spacial score (nSPS) is 11.7. The van der Waals surface area contributed by atoms with Gasteiger partial charge < -0.3 is 24.8 Å². The highest BCUT2D eigenvalue weighted by Crippen LogP contribution is 2.27. The number of benzene rings is 1. The summed E-state index contributed by atoms with van der Waals surface area (Å²) in [7, 11) is 3.06. The van der Waals surface area contributed by atoms with Crippen molar-refractivity contribution < 1.29 is 18.8 Å². The van der Waals surface area contributed by atoms with Crippen molar-refractivity contribution in [2.45, 2.75) is 13.0 Å². The highest BCUT2D eigenvalue weighted by Gasteiger charge is 2.20. The van der Waals surface area contributed by atoms with E-state index in [1.54, 1.807) is 31.3 Å². The number of carbonyl (C=O) groups is 2. The number of nitrogens with one attached hydrogen (secondary N) is 2. The Kier molecular flexibility index (Phi) is 6.37. The second kappa shape index (κ2) is 8.50. The molecule has 1 atom stereocenters. The molecular formula is C16H19ClN4O4. The van der Waals surface area contributed by atoms with E-state index in [1.807, 2.05) is 6.92 Å². The Morgan fingerprint density at radius 3 is 2.76 bits per heavy atom. The summed E-state index contributed by atoms with van der Waals surface area (Å²) in [6.07, 6.45) is 1.45. The summed E-state index contributed by atoms with van der Waals surface area (Å²) < 4.78 is 9.56. The van der Waals surface area contributed by atoms with Gasteiger partial charge in [-0.05, 0) is 25.1 Å². The maximum Gasteiger partial charge on any atom is 0.322 e. The minimum Gasteiger partial charge on any atom is -0.375 e. The Morgan fingerprint density at radius 1 is 1.36 bits per heavy atom. The monoisotopic (exact) mass is 366 g/mol. The van der Waals surface area contributed by atoms with E-state index in [-0.39, 0.29) is 24.6 Å². The zero-order chi connectivity index (χ0) is 18.4. The summed E-state index contributed by atoms with van der Waals surface area (Å²) in [4.78, 5) is 25.5. The molecule has 2 N–H and O–H groups in total. The molecule has 1 aromatic carbocycles. The van der Waals surface area contributed by atoms with Gasteiger partial charge in [0.25, 0.3) is 0 Å². The van der Waals surface area contributed by atoms with Gasteiger partial charge >= 0.3 is 6.03 Å². The quantitative estimate of drug-likeness (QED) is 0.818. The number of nitrogens with zero attached hydrogens (tertiary/aromatic N) is 2. The fourth-order valence-corrected chi connectivity index (χ4v) is 2.21. The SMILES string of the molecule is COCC(=O)Nc1ccc(Cl)c(NC(=O)N(C)C(C)c2ccon2)c1. The third-order valence-corrected chi connectivity index (χ3v) is 3.88. The Bertz CT molecular complexity index is 736. The molecule has 1 unspecified atom stereocenters. The fraction of sp³-hybridized carbons (Fsp3) is 0.312. The molecule has 0 aliphatic carbocycles. The van der Waals surface area contributed by atoms with Crippen molar-refractivity contribution in [2.24, 2.45) is 0 Å². The number of aromatic nitrogens is 1. The van der Waals surface area contributed by atoms with Crippen LogP contribution in [0, 0.1) is 0 Å². The number of rotatable bonds is 6. The molecule has 0 spiro atoms. The average Bonchev–Trinajstić information content (AvgIpc) is 3.11. The molecule has 0 fully saturated rings. The molecule has 9 heteroatoms. The van der Waals surface area contributed by atoms with Gasteiger partial charge in [-0.15, -0.1) is 0 Å². The third-order valence-electron chi connectivity index (χ3n) is 3.55. The highest BCUT2D eigenvalue weighted by molar-refractivity contribution is 6.33. The second-order valence-electron chi connectivity index (χ2n) is 5.32. The Morgan fingerprint density at radius 2 is 2.12 bits per heavy atom. The van der Waals surface area contributed by atoms with Gasteiger partial charge in [-0.2, -0.15) is 0 Å². The molecule has 134 valence electrons. The minimum absolute atomic E-state index is 0.0672. The van der Waals surface area contributed by atoms with E-state index in [1.165, 1.54) is 18.3 Å². The molecule has 3 amide bonds. The van der Waals surface area contributed by atoms with Crippen LogP contribution in [0.4, 0.5) is 16.2 Å². The molecule has 25 heavy (non-hydrogen) atoms. The van der Waals surface area contributed by atoms with Crippen molar-refractivity contribution in [3.8, 4) is 0 Å². The smallest absolute Gasteiger partial charge is 0.322 e. The number of halogens is 1. The van der Waals surface area contributed by atoms with Crippen molar-refractivity contribution in [2.75, 3.05) is 31.4 Å². The minimum atomic E-state index is -0.377. The van der Waals surface area contributed by atoms with E-state index in [2.05, 4.69) is 15.8 Å². The van der Waals surface area contributed by atoms with E-state index >= 15 is 0 Å². The lowest BCUT2D eigenvalue weighted by molar-refractivity contribution is -0.119. The first-order chi connectivity index (χ1) is 11.9. The van der Waals surface area contributed by atoms with Crippen LogP contribution in [0.15, 0.2) is 35.1 Å². The van der Waals surface area contributed by atoms with E-state index in [0.717, 1.165) is 0 Å². The van der Waals surface area contributed by atoms with Gasteiger partial charge in [-0.25, -0.2) is 4.79 Å². The lowest BCUT2D eigenvalue weighted by atomic mass is 10.2. The van der Waals surface area contributed by atoms with Gasteiger partial charge in [-0.1, -0.05) is 16.8 Å². The first-order valence-corrected chi connectivity index (χ1v) is 7.82. The molecule has 8 nitrogen and oxygen atoms in total. The standard InChI is InChI=1S/C16H19ClN4O4/c1-10(13-6-7-25-20-13)21(2)16(23)19-14-8-11(4-5-12(14)17)18-15(22)9-24-3/h4-8,10H,9H2,1-3H3,(H,18,22)(H,19,23). The van der Waals surface area contributed by atoms with E-state index in [9.17, 15) is 9.59 Å². The first kappa shape index (κ1) is 18.8. The van der Waals surface area contributed by atoms with E-state index < -0.39 is 0 Å².